The molecule has 30 heavy (non-hydrogen) atoms. The van der Waals surface area contributed by atoms with E-state index in [9.17, 15) is 9.90 Å². The predicted molar refractivity (Wildman–Crippen MR) is 127 cm³/mol. The first-order chi connectivity index (χ1) is 14.5. The summed E-state index contributed by atoms with van der Waals surface area (Å²) in [5, 5.41) is 13.4. The van der Waals surface area contributed by atoms with Crippen molar-refractivity contribution >= 4 is 29.0 Å². The predicted octanol–water partition coefficient (Wildman–Crippen LogP) is 5.65. The van der Waals surface area contributed by atoms with Gasteiger partial charge in [-0.1, -0.05) is 49.4 Å². The summed E-state index contributed by atoms with van der Waals surface area (Å²) in [6.07, 6.45) is 4.43. The van der Waals surface area contributed by atoms with Crippen molar-refractivity contribution in [1.29, 1.82) is 0 Å². The molecule has 1 fully saturated rings. The van der Waals surface area contributed by atoms with Crippen molar-refractivity contribution < 1.29 is 9.90 Å². The van der Waals surface area contributed by atoms with E-state index in [-0.39, 0.29) is 5.92 Å². The maximum absolute atomic E-state index is 11.3. The molecule has 0 atom stereocenters. The topological polar surface area (TPSA) is 52.6 Å². The highest BCUT2D eigenvalue weighted by Crippen LogP contribution is 2.30. The van der Waals surface area contributed by atoms with Gasteiger partial charge in [-0.3, -0.25) is 4.79 Å². The Morgan fingerprint density at radius 3 is 2.30 bits per heavy atom. The Labute approximate surface area is 185 Å². The summed E-state index contributed by atoms with van der Waals surface area (Å²) >= 11 is 5.82. The Morgan fingerprint density at radius 1 is 1.07 bits per heavy atom. The van der Waals surface area contributed by atoms with Gasteiger partial charge in [-0.2, -0.15) is 0 Å². The second-order valence-electron chi connectivity index (χ2n) is 8.35. The maximum atomic E-state index is 11.3. The largest absolute Gasteiger partial charge is 0.481 e. The highest BCUT2D eigenvalue weighted by atomic mass is 32.1. The highest BCUT2D eigenvalue weighted by molar-refractivity contribution is 7.80. The number of nitrogens with one attached hydrogen (secondary N) is 1. The average molecular weight is 425 g/mol. The van der Waals surface area contributed by atoms with Crippen molar-refractivity contribution in [2.45, 2.75) is 52.5 Å². The SMILES string of the molecule is CCc1ccc(CN(CC2CCC(C(=O)O)CC2)C(=S)Nc2ccccc2C)cc1. The molecular weight excluding hydrogens is 392 g/mol. The minimum atomic E-state index is -0.655. The average Bonchev–Trinajstić information content (AvgIpc) is 2.75. The van der Waals surface area contributed by atoms with Gasteiger partial charge in [0.15, 0.2) is 5.11 Å². The Kier molecular flexibility index (Phi) is 7.86. The summed E-state index contributed by atoms with van der Waals surface area (Å²) in [6, 6.07) is 16.9. The van der Waals surface area contributed by atoms with Crippen LogP contribution in [0.1, 0.15) is 49.3 Å². The fraction of sp³-hybridized carbons (Fsp3) is 0.440. The third-order valence-electron chi connectivity index (χ3n) is 6.15. The minimum absolute atomic E-state index is 0.187. The van der Waals surface area contributed by atoms with Gasteiger partial charge in [0.2, 0.25) is 0 Å². The van der Waals surface area contributed by atoms with Gasteiger partial charge in [-0.25, -0.2) is 0 Å². The second kappa shape index (κ2) is 10.6. The lowest BCUT2D eigenvalue weighted by atomic mass is 9.82. The fourth-order valence-electron chi connectivity index (χ4n) is 4.13. The van der Waals surface area contributed by atoms with E-state index in [1.54, 1.807) is 0 Å². The number of nitrogens with zero attached hydrogens (tertiary/aromatic N) is 1. The molecule has 2 aromatic carbocycles. The van der Waals surface area contributed by atoms with Crippen molar-refractivity contribution in [2.24, 2.45) is 11.8 Å². The first kappa shape index (κ1) is 22.3. The van der Waals surface area contributed by atoms with Crippen molar-refractivity contribution in [3.05, 3.63) is 65.2 Å². The lowest BCUT2D eigenvalue weighted by Gasteiger charge is -2.33. The van der Waals surface area contributed by atoms with Crippen LogP contribution in [0.5, 0.6) is 0 Å². The van der Waals surface area contributed by atoms with Crippen molar-refractivity contribution in [2.75, 3.05) is 11.9 Å². The van der Waals surface area contributed by atoms with Crippen LogP contribution in [0.2, 0.25) is 0 Å². The number of hydrogen-bond acceptors (Lipinski definition) is 2. The van der Waals surface area contributed by atoms with Crippen molar-refractivity contribution in [3.63, 3.8) is 0 Å². The molecule has 5 heteroatoms. The molecule has 160 valence electrons. The van der Waals surface area contributed by atoms with E-state index in [1.165, 1.54) is 11.1 Å². The van der Waals surface area contributed by atoms with Crippen LogP contribution in [-0.2, 0) is 17.8 Å². The molecule has 0 aliphatic heterocycles. The molecule has 0 amide bonds. The van der Waals surface area contributed by atoms with E-state index in [0.29, 0.717) is 5.92 Å². The summed E-state index contributed by atoms with van der Waals surface area (Å²) in [7, 11) is 0. The zero-order valence-corrected chi connectivity index (χ0v) is 18.8. The highest BCUT2D eigenvalue weighted by Gasteiger charge is 2.27. The van der Waals surface area contributed by atoms with Crippen molar-refractivity contribution in [3.8, 4) is 0 Å². The number of hydrogen-bond donors (Lipinski definition) is 2. The molecule has 2 N–H and O–H groups in total. The molecular formula is C25H32N2O2S. The molecule has 1 aliphatic rings. The monoisotopic (exact) mass is 424 g/mol. The van der Waals surface area contributed by atoms with E-state index in [0.717, 1.165) is 61.6 Å². The second-order valence-corrected chi connectivity index (χ2v) is 8.74. The standard InChI is InChI=1S/C25H32N2O2S/c1-3-19-8-10-20(11-9-19)16-27(17-21-12-14-22(15-13-21)24(28)29)25(30)26-23-7-5-4-6-18(23)2/h4-11,21-22H,3,12-17H2,1-2H3,(H,26,30)(H,28,29). The summed E-state index contributed by atoms with van der Waals surface area (Å²) in [6.45, 7) is 5.84. The van der Waals surface area contributed by atoms with Crippen LogP contribution < -0.4 is 5.32 Å². The van der Waals surface area contributed by atoms with Gasteiger partial charge in [0.05, 0.1) is 5.92 Å². The van der Waals surface area contributed by atoms with E-state index < -0.39 is 5.97 Å². The number of carboxylic acids is 1. The molecule has 0 radical (unpaired) electrons. The van der Waals surface area contributed by atoms with Crippen LogP contribution in [0.25, 0.3) is 0 Å². The molecule has 0 aromatic heterocycles. The van der Waals surface area contributed by atoms with E-state index in [4.69, 9.17) is 12.2 Å². The third-order valence-corrected chi connectivity index (χ3v) is 6.51. The Morgan fingerprint density at radius 2 is 1.70 bits per heavy atom. The van der Waals surface area contributed by atoms with Gasteiger partial charge in [-0.15, -0.1) is 0 Å². The number of para-hydroxylation sites is 1. The number of anilines is 1. The molecule has 0 spiro atoms. The Bertz CT molecular complexity index is 858. The normalized spacial score (nSPS) is 18.6. The summed E-state index contributed by atoms with van der Waals surface area (Å²) in [4.78, 5) is 13.5. The lowest BCUT2D eigenvalue weighted by molar-refractivity contribution is -0.143. The summed E-state index contributed by atoms with van der Waals surface area (Å²) < 4.78 is 0. The Hall–Kier alpha value is -2.40. The summed E-state index contributed by atoms with van der Waals surface area (Å²) in [5.74, 6) is -0.376. The smallest absolute Gasteiger partial charge is 0.306 e. The number of rotatable bonds is 7. The van der Waals surface area contributed by atoms with Gasteiger partial charge in [0.25, 0.3) is 0 Å². The number of carboxylic acid groups (broad SMARTS) is 1. The molecule has 0 bridgehead atoms. The maximum Gasteiger partial charge on any atom is 0.306 e. The zero-order chi connectivity index (χ0) is 21.5. The van der Waals surface area contributed by atoms with E-state index >= 15 is 0 Å². The third kappa shape index (κ3) is 6.05. The summed E-state index contributed by atoms with van der Waals surface area (Å²) in [5.41, 5.74) is 4.76. The number of aliphatic carboxylic acids is 1. The number of thiocarbonyl (C=S) groups is 1. The zero-order valence-electron chi connectivity index (χ0n) is 17.9. The van der Waals surface area contributed by atoms with Crippen LogP contribution in [0.3, 0.4) is 0 Å². The number of aryl methyl sites for hydroxylation is 2. The van der Waals surface area contributed by atoms with Crippen LogP contribution in [-0.4, -0.2) is 27.6 Å². The number of carbonyl (C=O) groups is 1. The van der Waals surface area contributed by atoms with Crippen LogP contribution >= 0.6 is 12.2 Å². The molecule has 0 unspecified atom stereocenters. The van der Waals surface area contributed by atoms with E-state index in [1.807, 2.05) is 18.2 Å². The molecule has 0 saturated heterocycles. The van der Waals surface area contributed by atoms with Gasteiger partial charge in [0.1, 0.15) is 0 Å². The van der Waals surface area contributed by atoms with Gasteiger partial charge in [0, 0.05) is 18.8 Å². The first-order valence-electron chi connectivity index (χ1n) is 10.9. The number of benzene rings is 2. The van der Waals surface area contributed by atoms with Gasteiger partial charge >= 0.3 is 5.97 Å². The quantitative estimate of drug-likeness (QED) is 0.563. The van der Waals surface area contributed by atoms with Crippen LogP contribution in [0.15, 0.2) is 48.5 Å². The van der Waals surface area contributed by atoms with Gasteiger partial charge in [-0.05, 0) is 79.9 Å². The minimum Gasteiger partial charge on any atom is -0.481 e. The fourth-order valence-corrected chi connectivity index (χ4v) is 4.38. The van der Waals surface area contributed by atoms with Crippen LogP contribution in [0, 0.1) is 18.8 Å². The molecule has 3 rings (SSSR count). The molecule has 1 aliphatic carbocycles. The first-order valence-corrected chi connectivity index (χ1v) is 11.3. The van der Waals surface area contributed by atoms with E-state index in [2.05, 4.69) is 54.4 Å². The molecule has 2 aromatic rings. The molecule has 0 heterocycles. The van der Waals surface area contributed by atoms with Crippen LogP contribution in [0.4, 0.5) is 5.69 Å². The lowest BCUT2D eigenvalue weighted by Crippen LogP contribution is -2.39. The molecule has 1 saturated carbocycles. The Balaban J connectivity index is 1.71. The molecule has 4 nitrogen and oxygen atoms in total. The van der Waals surface area contributed by atoms with Crippen molar-refractivity contribution in [1.82, 2.24) is 4.90 Å². The van der Waals surface area contributed by atoms with Gasteiger partial charge < -0.3 is 15.3 Å².